The Bertz CT molecular complexity index is 259. The molecule has 0 spiro atoms. The molecule has 0 amide bonds. The van der Waals surface area contributed by atoms with Gasteiger partial charge in [0.25, 0.3) is 0 Å². The Morgan fingerprint density at radius 1 is 1.45 bits per heavy atom. The van der Waals surface area contributed by atoms with Gasteiger partial charge in [-0.3, -0.25) is 4.79 Å². The fourth-order valence-corrected chi connectivity index (χ4v) is 1.59. The van der Waals surface area contributed by atoms with Crippen molar-refractivity contribution >= 4 is 21.7 Å². The molecule has 0 aromatic rings. The number of rotatable bonds is 0. The van der Waals surface area contributed by atoms with E-state index in [0.717, 1.165) is 5.57 Å². The van der Waals surface area contributed by atoms with Gasteiger partial charge in [-0.05, 0) is 42.3 Å². The normalized spacial score (nSPS) is 22.7. The highest BCUT2D eigenvalue weighted by Crippen LogP contribution is 2.32. The Labute approximate surface area is 75.3 Å². The molecule has 11 heavy (non-hydrogen) atoms. The number of Topliss-reactive ketones (excluding diaryl/α,β-unsaturated/α-hetero) is 1. The lowest BCUT2D eigenvalue weighted by Crippen LogP contribution is -2.24. The van der Waals surface area contributed by atoms with Gasteiger partial charge in [-0.1, -0.05) is 12.2 Å². The Hall–Kier alpha value is -0.370. The molecule has 0 heterocycles. The zero-order valence-electron chi connectivity index (χ0n) is 6.94. The van der Waals surface area contributed by atoms with Crippen molar-refractivity contribution in [2.45, 2.75) is 20.8 Å². The van der Waals surface area contributed by atoms with E-state index < -0.39 is 0 Å². The van der Waals surface area contributed by atoms with Gasteiger partial charge in [0.2, 0.25) is 0 Å². The molecule has 0 bridgehead atoms. The van der Waals surface area contributed by atoms with E-state index in [1.807, 2.05) is 32.9 Å². The average molecular weight is 215 g/mol. The summed E-state index contributed by atoms with van der Waals surface area (Å²) in [5.74, 6) is 0.164. The first kappa shape index (κ1) is 8.72. The lowest BCUT2D eigenvalue weighted by Gasteiger charge is -2.22. The lowest BCUT2D eigenvalue weighted by atomic mass is 9.83. The summed E-state index contributed by atoms with van der Waals surface area (Å²) < 4.78 is 0.713. The molecule has 1 aliphatic rings. The van der Waals surface area contributed by atoms with Crippen LogP contribution >= 0.6 is 15.9 Å². The van der Waals surface area contributed by atoms with Crippen molar-refractivity contribution in [1.82, 2.24) is 0 Å². The van der Waals surface area contributed by atoms with Crippen LogP contribution in [0.5, 0.6) is 0 Å². The van der Waals surface area contributed by atoms with Crippen LogP contribution in [0.1, 0.15) is 20.8 Å². The maximum Gasteiger partial charge on any atom is 0.179 e. The fraction of sp³-hybridized carbons (Fsp3) is 0.444. The molecule has 1 nitrogen and oxygen atoms in total. The van der Waals surface area contributed by atoms with Gasteiger partial charge in [0.05, 0.1) is 4.48 Å². The van der Waals surface area contributed by atoms with Crippen molar-refractivity contribution in [2.75, 3.05) is 0 Å². The van der Waals surface area contributed by atoms with Crippen LogP contribution in [-0.2, 0) is 4.79 Å². The van der Waals surface area contributed by atoms with Gasteiger partial charge in [-0.15, -0.1) is 0 Å². The molecule has 0 saturated carbocycles. The Morgan fingerprint density at radius 3 is 2.45 bits per heavy atom. The molecule has 0 saturated heterocycles. The fourth-order valence-electron chi connectivity index (χ4n) is 0.944. The first-order valence-electron chi connectivity index (χ1n) is 3.55. The van der Waals surface area contributed by atoms with Crippen LogP contribution in [0.3, 0.4) is 0 Å². The van der Waals surface area contributed by atoms with E-state index in [9.17, 15) is 4.79 Å². The number of carbonyl (C=O) groups is 1. The van der Waals surface area contributed by atoms with E-state index in [2.05, 4.69) is 15.9 Å². The van der Waals surface area contributed by atoms with Gasteiger partial charge in [0, 0.05) is 5.41 Å². The molecular formula is C9H11BrO. The summed E-state index contributed by atoms with van der Waals surface area (Å²) in [6.07, 6.45) is 3.92. The molecule has 1 rings (SSSR count). The predicted molar refractivity (Wildman–Crippen MR) is 49.6 cm³/mol. The summed E-state index contributed by atoms with van der Waals surface area (Å²) in [5.41, 5.74) is 0.674. The molecule has 0 aliphatic heterocycles. The van der Waals surface area contributed by atoms with Crippen LogP contribution in [0.4, 0.5) is 0 Å². The second-order valence-electron chi connectivity index (χ2n) is 3.38. The summed E-state index contributed by atoms with van der Waals surface area (Å²) in [6, 6.07) is 0. The molecule has 0 radical (unpaired) electrons. The summed E-state index contributed by atoms with van der Waals surface area (Å²) in [5, 5.41) is 0. The highest BCUT2D eigenvalue weighted by atomic mass is 79.9. The number of ketones is 1. The molecule has 0 aromatic carbocycles. The SMILES string of the molecule is CC1=C(Br)C(=O)C(C)(C)C=C1. The van der Waals surface area contributed by atoms with Crippen molar-refractivity contribution in [3.8, 4) is 0 Å². The molecule has 0 N–H and O–H groups in total. The average Bonchev–Trinajstić information content (AvgIpc) is 1.95. The smallest absolute Gasteiger partial charge is 0.179 e. The number of allylic oxidation sites excluding steroid dienone is 4. The van der Waals surface area contributed by atoms with Crippen LogP contribution in [0.15, 0.2) is 22.2 Å². The summed E-state index contributed by atoms with van der Waals surface area (Å²) in [6.45, 7) is 5.76. The van der Waals surface area contributed by atoms with Crippen LogP contribution in [0.2, 0.25) is 0 Å². The Kier molecular flexibility index (Phi) is 2.06. The van der Waals surface area contributed by atoms with Gasteiger partial charge >= 0.3 is 0 Å². The largest absolute Gasteiger partial charge is 0.293 e. The van der Waals surface area contributed by atoms with Gasteiger partial charge in [0.1, 0.15) is 0 Å². The molecular weight excluding hydrogens is 204 g/mol. The van der Waals surface area contributed by atoms with E-state index in [1.54, 1.807) is 0 Å². The van der Waals surface area contributed by atoms with Crippen molar-refractivity contribution in [1.29, 1.82) is 0 Å². The second-order valence-corrected chi connectivity index (χ2v) is 4.17. The van der Waals surface area contributed by atoms with Crippen molar-refractivity contribution in [2.24, 2.45) is 5.41 Å². The third-order valence-electron chi connectivity index (χ3n) is 1.88. The van der Waals surface area contributed by atoms with Crippen LogP contribution in [0.25, 0.3) is 0 Å². The number of hydrogen-bond donors (Lipinski definition) is 0. The van der Waals surface area contributed by atoms with E-state index in [1.165, 1.54) is 0 Å². The maximum atomic E-state index is 11.5. The van der Waals surface area contributed by atoms with Crippen LogP contribution < -0.4 is 0 Å². The van der Waals surface area contributed by atoms with E-state index in [-0.39, 0.29) is 11.2 Å². The number of carbonyl (C=O) groups excluding carboxylic acids is 1. The topological polar surface area (TPSA) is 17.1 Å². The molecule has 0 fully saturated rings. The van der Waals surface area contributed by atoms with Crippen LogP contribution in [0, 0.1) is 5.41 Å². The third-order valence-corrected chi connectivity index (χ3v) is 2.87. The quantitative estimate of drug-likeness (QED) is 0.607. The third kappa shape index (κ3) is 1.45. The van der Waals surface area contributed by atoms with Gasteiger partial charge in [0.15, 0.2) is 5.78 Å². The van der Waals surface area contributed by atoms with Crippen molar-refractivity contribution in [3.63, 3.8) is 0 Å². The molecule has 0 atom stereocenters. The summed E-state index contributed by atoms with van der Waals surface area (Å²) >= 11 is 3.27. The highest BCUT2D eigenvalue weighted by Gasteiger charge is 2.29. The molecule has 0 unspecified atom stereocenters. The second kappa shape index (κ2) is 2.59. The van der Waals surface area contributed by atoms with Gasteiger partial charge in [-0.25, -0.2) is 0 Å². The van der Waals surface area contributed by atoms with Gasteiger partial charge in [-0.2, -0.15) is 0 Å². The van der Waals surface area contributed by atoms with Crippen molar-refractivity contribution < 1.29 is 4.79 Å². The van der Waals surface area contributed by atoms with E-state index >= 15 is 0 Å². The van der Waals surface area contributed by atoms with E-state index in [0.29, 0.717) is 4.48 Å². The van der Waals surface area contributed by atoms with Crippen LogP contribution in [-0.4, -0.2) is 5.78 Å². The first-order valence-corrected chi connectivity index (χ1v) is 4.35. The minimum atomic E-state index is -0.335. The van der Waals surface area contributed by atoms with Gasteiger partial charge < -0.3 is 0 Å². The highest BCUT2D eigenvalue weighted by molar-refractivity contribution is 9.12. The monoisotopic (exact) mass is 214 g/mol. The Balaban J connectivity index is 3.11. The first-order chi connectivity index (χ1) is 4.95. The van der Waals surface area contributed by atoms with Crippen molar-refractivity contribution in [3.05, 3.63) is 22.2 Å². The summed E-state index contributed by atoms with van der Waals surface area (Å²) in [7, 11) is 0. The lowest BCUT2D eigenvalue weighted by molar-refractivity contribution is -0.120. The minimum absolute atomic E-state index is 0.164. The zero-order chi connectivity index (χ0) is 8.65. The number of hydrogen-bond acceptors (Lipinski definition) is 1. The summed E-state index contributed by atoms with van der Waals surface area (Å²) in [4.78, 5) is 11.5. The molecule has 0 aromatic heterocycles. The number of halogens is 1. The zero-order valence-corrected chi connectivity index (χ0v) is 8.53. The van der Waals surface area contributed by atoms with E-state index in [4.69, 9.17) is 0 Å². The minimum Gasteiger partial charge on any atom is -0.293 e. The molecule has 2 heteroatoms. The molecule has 60 valence electrons. The predicted octanol–water partition coefficient (Wildman–Crippen LogP) is 2.82. The Morgan fingerprint density at radius 2 is 2.00 bits per heavy atom. The maximum absolute atomic E-state index is 11.5. The standard InChI is InChI=1S/C9H11BrO/c1-6-4-5-9(2,3)8(11)7(6)10/h4-5H,1-3H3. The molecule has 1 aliphatic carbocycles.